The Kier molecular flexibility index (Phi) is 3.87. The van der Waals surface area contributed by atoms with E-state index >= 15 is 0 Å². The minimum absolute atomic E-state index is 0. The summed E-state index contributed by atoms with van der Waals surface area (Å²) in [7, 11) is 0. The Labute approximate surface area is 76.8 Å². The Hall–Kier alpha value is -1.10. The van der Waals surface area contributed by atoms with E-state index in [1.807, 2.05) is 0 Å². The van der Waals surface area contributed by atoms with Crippen molar-refractivity contribution in [2.75, 3.05) is 6.54 Å². The van der Waals surface area contributed by atoms with Crippen LogP contribution >= 0.6 is 0 Å². The Morgan fingerprint density at radius 2 is 1.92 bits per heavy atom. The molecular formula is C8H15NO4. The van der Waals surface area contributed by atoms with E-state index in [0.717, 1.165) is 0 Å². The minimum atomic E-state index is -0.960. The molecule has 5 nitrogen and oxygen atoms in total. The fraction of sp³-hybridized carbons (Fsp3) is 0.750. The van der Waals surface area contributed by atoms with Crippen LogP contribution in [0.15, 0.2) is 0 Å². The normalized spacial score (nSPS) is 30.4. The van der Waals surface area contributed by atoms with Gasteiger partial charge >= 0.3 is 11.9 Å². The maximum absolute atomic E-state index is 10.4. The number of aliphatic carboxylic acids is 2. The first kappa shape index (κ1) is 11.9. The van der Waals surface area contributed by atoms with Gasteiger partial charge in [0.15, 0.2) is 0 Å². The van der Waals surface area contributed by atoms with Gasteiger partial charge in [-0.2, -0.15) is 0 Å². The van der Waals surface area contributed by atoms with E-state index in [1.165, 1.54) is 0 Å². The van der Waals surface area contributed by atoms with Gasteiger partial charge < -0.3 is 15.5 Å². The summed E-state index contributed by atoms with van der Waals surface area (Å²) < 4.78 is 0. The molecule has 0 aromatic rings. The van der Waals surface area contributed by atoms with Crippen LogP contribution in [-0.4, -0.2) is 34.7 Å². The van der Waals surface area contributed by atoms with Crippen molar-refractivity contribution < 1.29 is 19.8 Å². The van der Waals surface area contributed by atoms with Crippen LogP contribution in [0.25, 0.3) is 0 Å². The monoisotopic (exact) mass is 189 g/mol. The molecule has 76 valence electrons. The van der Waals surface area contributed by atoms with Crippen LogP contribution in [-0.2, 0) is 9.59 Å². The Morgan fingerprint density at radius 3 is 2.23 bits per heavy atom. The second-order valence-electron chi connectivity index (χ2n) is 3.02. The number of rotatable bonds is 4. The lowest BCUT2D eigenvalue weighted by Gasteiger charge is -1.96. The molecule has 0 amide bonds. The van der Waals surface area contributed by atoms with E-state index in [9.17, 15) is 9.59 Å². The average Bonchev–Trinajstić information content (AvgIpc) is 2.57. The summed E-state index contributed by atoms with van der Waals surface area (Å²) in [6.07, 6.45) is 0. The van der Waals surface area contributed by atoms with Gasteiger partial charge in [-0.05, 0) is 5.92 Å². The molecule has 3 atom stereocenters. The van der Waals surface area contributed by atoms with Crippen molar-refractivity contribution in [1.29, 1.82) is 0 Å². The standard InChI is InChI=1S/C7H11NO4.CH4/c1-3-5(7(11)12)6(3)8-2-4(9)10;/h3,5-6,8H,2H2,1H3,(H,9,10)(H,11,12);1H4. The average molecular weight is 189 g/mol. The molecule has 0 aromatic heterocycles. The fourth-order valence-corrected chi connectivity index (χ4v) is 1.36. The van der Waals surface area contributed by atoms with Gasteiger partial charge in [-0.25, -0.2) is 0 Å². The zero-order valence-corrected chi connectivity index (χ0v) is 6.65. The smallest absolute Gasteiger partial charge is 0.317 e. The zero-order valence-electron chi connectivity index (χ0n) is 6.65. The maximum atomic E-state index is 10.4. The molecule has 0 radical (unpaired) electrons. The molecule has 0 saturated heterocycles. The lowest BCUT2D eigenvalue weighted by Crippen LogP contribution is -2.27. The van der Waals surface area contributed by atoms with Crippen molar-refractivity contribution in [3.8, 4) is 0 Å². The summed E-state index contributed by atoms with van der Waals surface area (Å²) in [5.74, 6) is -2.19. The third-order valence-corrected chi connectivity index (χ3v) is 2.15. The van der Waals surface area contributed by atoms with Crippen LogP contribution in [0.5, 0.6) is 0 Å². The SMILES string of the molecule is C.CC1C(NCC(=O)O)C1C(=O)O. The molecule has 1 aliphatic rings. The summed E-state index contributed by atoms with van der Waals surface area (Å²) in [6, 6.07) is -0.168. The highest BCUT2D eigenvalue weighted by atomic mass is 16.4. The Balaban J connectivity index is 0.00000144. The predicted octanol–water partition coefficient (Wildman–Crippen LogP) is 0.0158. The summed E-state index contributed by atoms with van der Waals surface area (Å²) in [5.41, 5.74) is 0. The van der Waals surface area contributed by atoms with Crippen LogP contribution in [0.2, 0.25) is 0 Å². The molecule has 0 spiro atoms. The van der Waals surface area contributed by atoms with Crippen LogP contribution in [0.3, 0.4) is 0 Å². The number of nitrogens with one attached hydrogen (secondary N) is 1. The van der Waals surface area contributed by atoms with Gasteiger partial charge in [0.25, 0.3) is 0 Å². The molecule has 0 aliphatic heterocycles. The number of carboxylic acids is 2. The van der Waals surface area contributed by atoms with Gasteiger partial charge in [-0.15, -0.1) is 0 Å². The van der Waals surface area contributed by atoms with Crippen molar-refractivity contribution in [2.24, 2.45) is 11.8 Å². The summed E-state index contributed by atoms with van der Waals surface area (Å²) in [4.78, 5) is 20.5. The molecule has 13 heavy (non-hydrogen) atoms. The molecule has 1 saturated carbocycles. The van der Waals surface area contributed by atoms with Gasteiger partial charge in [0.1, 0.15) is 0 Å². The topological polar surface area (TPSA) is 86.6 Å². The summed E-state index contributed by atoms with van der Waals surface area (Å²) in [5, 5.41) is 19.5. The number of carboxylic acid groups (broad SMARTS) is 2. The van der Waals surface area contributed by atoms with Gasteiger partial charge in [-0.3, -0.25) is 9.59 Å². The van der Waals surface area contributed by atoms with Crippen LogP contribution in [0, 0.1) is 11.8 Å². The largest absolute Gasteiger partial charge is 0.481 e. The van der Waals surface area contributed by atoms with Gasteiger partial charge in [0.05, 0.1) is 12.5 Å². The van der Waals surface area contributed by atoms with E-state index in [1.54, 1.807) is 6.92 Å². The van der Waals surface area contributed by atoms with Crippen LogP contribution < -0.4 is 5.32 Å². The predicted molar refractivity (Wildman–Crippen MR) is 46.4 cm³/mol. The summed E-state index contributed by atoms with van der Waals surface area (Å²) in [6.45, 7) is 1.62. The molecular weight excluding hydrogens is 174 g/mol. The Morgan fingerprint density at radius 1 is 1.38 bits per heavy atom. The first-order chi connectivity index (χ1) is 5.54. The van der Waals surface area contributed by atoms with Crippen molar-refractivity contribution in [3.05, 3.63) is 0 Å². The first-order valence-corrected chi connectivity index (χ1v) is 3.72. The minimum Gasteiger partial charge on any atom is -0.481 e. The highest BCUT2D eigenvalue weighted by molar-refractivity contribution is 5.75. The molecule has 3 unspecified atom stereocenters. The molecule has 0 heterocycles. The third-order valence-electron chi connectivity index (χ3n) is 2.15. The van der Waals surface area contributed by atoms with Crippen LogP contribution in [0.1, 0.15) is 14.4 Å². The van der Waals surface area contributed by atoms with E-state index in [0.29, 0.717) is 0 Å². The molecule has 1 rings (SSSR count). The van der Waals surface area contributed by atoms with E-state index < -0.39 is 17.9 Å². The molecule has 3 N–H and O–H groups in total. The third kappa shape index (κ3) is 2.69. The van der Waals surface area contributed by atoms with E-state index in [2.05, 4.69) is 5.32 Å². The molecule has 5 heteroatoms. The second-order valence-corrected chi connectivity index (χ2v) is 3.02. The van der Waals surface area contributed by atoms with Gasteiger partial charge in [-0.1, -0.05) is 14.4 Å². The summed E-state index contributed by atoms with van der Waals surface area (Å²) >= 11 is 0. The van der Waals surface area contributed by atoms with E-state index in [-0.39, 0.29) is 25.9 Å². The number of carbonyl (C=O) groups is 2. The number of hydrogen-bond acceptors (Lipinski definition) is 3. The van der Waals surface area contributed by atoms with Crippen molar-refractivity contribution in [3.63, 3.8) is 0 Å². The Bertz CT molecular complexity index is 216. The van der Waals surface area contributed by atoms with Crippen molar-refractivity contribution in [1.82, 2.24) is 5.32 Å². The maximum Gasteiger partial charge on any atom is 0.317 e. The molecule has 1 aliphatic carbocycles. The van der Waals surface area contributed by atoms with Crippen LogP contribution in [0.4, 0.5) is 0 Å². The lowest BCUT2D eigenvalue weighted by atomic mass is 10.3. The van der Waals surface area contributed by atoms with Gasteiger partial charge in [0, 0.05) is 6.04 Å². The van der Waals surface area contributed by atoms with Crippen molar-refractivity contribution >= 4 is 11.9 Å². The highest BCUT2D eigenvalue weighted by Crippen LogP contribution is 2.38. The molecule has 1 fully saturated rings. The number of hydrogen-bond donors (Lipinski definition) is 3. The van der Waals surface area contributed by atoms with E-state index in [4.69, 9.17) is 10.2 Å². The first-order valence-electron chi connectivity index (χ1n) is 3.72. The van der Waals surface area contributed by atoms with Gasteiger partial charge in [0.2, 0.25) is 0 Å². The zero-order chi connectivity index (χ0) is 9.30. The highest BCUT2D eigenvalue weighted by Gasteiger charge is 2.51. The van der Waals surface area contributed by atoms with Crippen molar-refractivity contribution in [2.45, 2.75) is 20.4 Å². The fourth-order valence-electron chi connectivity index (χ4n) is 1.36. The quantitative estimate of drug-likeness (QED) is 0.580. The lowest BCUT2D eigenvalue weighted by molar-refractivity contribution is -0.139. The molecule has 0 bridgehead atoms. The molecule has 0 aromatic carbocycles. The second kappa shape index (κ2) is 4.23.